The molecule has 0 unspecified atom stereocenters. The fraction of sp³-hybridized carbons (Fsp3) is 0.684. The first-order valence-electron chi connectivity index (χ1n) is 8.67. The molecule has 0 N–H and O–H groups in total. The predicted molar refractivity (Wildman–Crippen MR) is 90.9 cm³/mol. The van der Waals surface area contributed by atoms with Crippen molar-refractivity contribution in [2.45, 2.75) is 65.7 Å². The summed E-state index contributed by atoms with van der Waals surface area (Å²) in [6.45, 7) is 9.50. The van der Waals surface area contributed by atoms with Crippen LogP contribution in [0.4, 0.5) is 0 Å². The largest absolute Gasteiger partial charge is 0.465 e. The molecule has 0 spiro atoms. The number of allylic oxidation sites excluding steroid dienone is 2. The van der Waals surface area contributed by atoms with Gasteiger partial charge in [0.25, 0.3) is 0 Å². The highest BCUT2D eigenvalue weighted by Gasteiger charge is 2.49. The summed E-state index contributed by atoms with van der Waals surface area (Å²) >= 11 is 0. The zero-order valence-corrected chi connectivity index (χ0v) is 14.8. The van der Waals surface area contributed by atoms with Crippen LogP contribution < -0.4 is 0 Å². The van der Waals surface area contributed by atoms with E-state index in [9.17, 15) is 9.59 Å². The topological polar surface area (TPSA) is 52.6 Å². The van der Waals surface area contributed by atoms with Crippen molar-refractivity contribution >= 4 is 11.9 Å². The van der Waals surface area contributed by atoms with Gasteiger partial charge in [-0.2, -0.15) is 0 Å². The summed E-state index contributed by atoms with van der Waals surface area (Å²) in [6, 6.07) is 0. The Morgan fingerprint density at radius 1 is 1.09 bits per heavy atom. The van der Waals surface area contributed by atoms with Gasteiger partial charge in [-0.1, -0.05) is 30.2 Å². The third-order valence-corrected chi connectivity index (χ3v) is 4.42. The molecular formula is C19H30O4. The van der Waals surface area contributed by atoms with Gasteiger partial charge in [-0.05, 0) is 59.3 Å². The van der Waals surface area contributed by atoms with Crippen molar-refractivity contribution in [3.63, 3.8) is 0 Å². The first-order valence-corrected chi connectivity index (χ1v) is 8.67. The lowest BCUT2D eigenvalue weighted by Gasteiger charge is -2.29. The van der Waals surface area contributed by atoms with E-state index in [4.69, 9.17) is 9.47 Å². The lowest BCUT2D eigenvalue weighted by Crippen LogP contribution is -2.43. The van der Waals surface area contributed by atoms with E-state index < -0.39 is 17.4 Å². The molecule has 0 heterocycles. The van der Waals surface area contributed by atoms with Crippen molar-refractivity contribution in [1.29, 1.82) is 0 Å². The van der Waals surface area contributed by atoms with Gasteiger partial charge in [-0.3, -0.25) is 9.59 Å². The van der Waals surface area contributed by atoms with Crippen LogP contribution >= 0.6 is 0 Å². The van der Waals surface area contributed by atoms with Gasteiger partial charge in [0.2, 0.25) is 0 Å². The highest BCUT2D eigenvalue weighted by molar-refractivity contribution is 6.03. The van der Waals surface area contributed by atoms with Crippen LogP contribution in [0.15, 0.2) is 23.8 Å². The number of carbonyl (C=O) groups is 2. The summed E-state index contributed by atoms with van der Waals surface area (Å²) in [5.41, 5.74) is 0.522. The van der Waals surface area contributed by atoms with E-state index in [0.717, 1.165) is 12.8 Å². The molecule has 130 valence electrons. The Balaban J connectivity index is 2.94. The number of hydrogen-bond donors (Lipinski definition) is 0. The van der Waals surface area contributed by atoms with Gasteiger partial charge >= 0.3 is 11.9 Å². The molecule has 4 nitrogen and oxygen atoms in total. The molecule has 1 saturated carbocycles. The minimum atomic E-state index is -1.39. The molecule has 0 amide bonds. The quantitative estimate of drug-likeness (QED) is 0.379. The maximum atomic E-state index is 12.5. The second-order valence-electron chi connectivity index (χ2n) is 6.09. The first kappa shape index (κ1) is 19.5. The zero-order chi connectivity index (χ0) is 17.3. The molecule has 4 heteroatoms. The average Bonchev–Trinajstić information content (AvgIpc) is 2.52. The fourth-order valence-electron chi connectivity index (χ4n) is 3.06. The predicted octanol–water partition coefficient (Wildman–Crippen LogP) is 4.35. The fourth-order valence-corrected chi connectivity index (χ4v) is 3.06. The highest BCUT2D eigenvalue weighted by Crippen LogP contribution is 2.36. The second kappa shape index (κ2) is 9.53. The highest BCUT2D eigenvalue weighted by atomic mass is 16.6. The molecule has 0 saturated heterocycles. The summed E-state index contributed by atoms with van der Waals surface area (Å²) in [6.07, 6.45) is 9.18. The second-order valence-corrected chi connectivity index (χ2v) is 6.09. The van der Waals surface area contributed by atoms with E-state index >= 15 is 0 Å². The molecule has 23 heavy (non-hydrogen) atoms. The minimum absolute atomic E-state index is 0.231. The van der Waals surface area contributed by atoms with E-state index in [1.54, 1.807) is 20.8 Å². The summed E-state index contributed by atoms with van der Waals surface area (Å²) in [5.74, 6) is -1.10. The monoisotopic (exact) mass is 322 g/mol. The van der Waals surface area contributed by atoms with Gasteiger partial charge in [0.05, 0.1) is 13.2 Å². The molecule has 1 rings (SSSR count). The molecular weight excluding hydrogens is 292 g/mol. The van der Waals surface area contributed by atoms with Crippen molar-refractivity contribution in [3.8, 4) is 0 Å². The van der Waals surface area contributed by atoms with Crippen LogP contribution in [0.2, 0.25) is 0 Å². The van der Waals surface area contributed by atoms with Crippen molar-refractivity contribution < 1.29 is 19.1 Å². The third-order valence-electron chi connectivity index (χ3n) is 4.42. The molecule has 0 aliphatic heterocycles. The number of carbonyl (C=O) groups excluding carboxylic acids is 2. The number of hydrogen-bond acceptors (Lipinski definition) is 4. The number of rotatable bonds is 8. The number of ether oxygens (including phenoxy) is 2. The SMILES string of the molecule is C=C(C)C(CCC=C1CCCCC1)(C(=O)OCC)C(=O)OCC. The molecule has 0 aromatic heterocycles. The molecule has 0 bridgehead atoms. The molecule has 1 fully saturated rings. The molecule has 1 aliphatic carbocycles. The van der Waals surface area contributed by atoms with Gasteiger partial charge in [-0.25, -0.2) is 0 Å². The Bertz CT molecular complexity index is 436. The number of esters is 2. The third kappa shape index (κ3) is 4.95. The summed E-state index contributed by atoms with van der Waals surface area (Å²) in [5, 5.41) is 0. The van der Waals surface area contributed by atoms with Gasteiger partial charge in [-0.15, -0.1) is 0 Å². The van der Waals surface area contributed by atoms with E-state index in [0.29, 0.717) is 18.4 Å². The molecule has 0 aromatic carbocycles. The van der Waals surface area contributed by atoms with Crippen LogP contribution in [0, 0.1) is 5.41 Å². The van der Waals surface area contributed by atoms with E-state index in [2.05, 4.69) is 12.7 Å². The van der Waals surface area contributed by atoms with E-state index in [1.165, 1.54) is 24.8 Å². The first-order chi connectivity index (χ1) is 11.0. The Morgan fingerprint density at radius 3 is 2.04 bits per heavy atom. The van der Waals surface area contributed by atoms with Crippen LogP contribution in [0.1, 0.15) is 65.7 Å². The lowest BCUT2D eigenvalue weighted by atomic mass is 9.77. The van der Waals surface area contributed by atoms with Gasteiger partial charge in [0.15, 0.2) is 5.41 Å². The Labute approximate surface area is 139 Å². The lowest BCUT2D eigenvalue weighted by molar-refractivity contribution is -0.169. The molecule has 0 aromatic rings. The van der Waals surface area contributed by atoms with Gasteiger partial charge < -0.3 is 9.47 Å². The van der Waals surface area contributed by atoms with Gasteiger partial charge in [0.1, 0.15) is 0 Å². The van der Waals surface area contributed by atoms with Crippen molar-refractivity contribution in [3.05, 3.63) is 23.8 Å². The minimum Gasteiger partial charge on any atom is -0.465 e. The normalized spacial score (nSPS) is 15.0. The van der Waals surface area contributed by atoms with Crippen LogP contribution in [-0.2, 0) is 19.1 Å². The van der Waals surface area contributed by atoms with Crippen LogP contribution in [0.3, 0.4) is 0 Å². The standard InChI is InChI=1S/C19H30O4/c1-5-22-17(20)19(15(3)4,18(21)23-6-2)14-10-13-16-11-8-7-9-12-16/h13H,3,5-12,14H2,1-2,4H3. The van der Waals surface area contributed by atoms with Crippen molar-refractivity contribution in [2.75, 3.05) is 13.2 Å². The summed E-state index contributed by atoms with van der Waals surface area (Å²) < 4.78 is 10.3. The van der Waals surface area contributed by atoms with Crippen LogP contribution in [0.25, 0.3) is 0 Å². The van der Waals surface area contributed by atoms with Crippen molar-refractivity contribution in [2.24, 2.45) is 5.41 Å². The average molecular weight is 322 g/mol. The smallest absolute Gasteiger partial charge is 0.327 e. The summed E-state index contributed by atoms with van der Waals surface area (Å²) in [4.78, 5) is 25.0. The Kier molecular flexibility index (Phi) is 8.07. The van der Waals surface area contributed by atoms with Gasteiger partial charge in [0, 0.05) is 0 Å². The molecule has 0 atom stereocenters. The molecule has 1 aliphatic rings. The summed E-state index contributed by atoms with van der Waals surface area (Å²) in [7, 11) is 0. The maximum absolute atomic E-state index is 12.5. The zero-order valence-electron chi connectivity index (χ0n) is 14.8. The van der Waals surface area contributed by atoms with Crippen LogP contribution in [0.5, 0.6) is 0 Å². The Morgan fingerprint density at radius 2 is 1.61 bits per heavy atom. The van der Waals surface area contributed by atoms with E-state index in [1.807, 2.05) is 0 Å². The molecule has 0 radical (unpaired) electrons. The maximum Gasteiger partial charge on any atom is 0.327 e. The Hall–Kier alpha value is -1.58. The van der Waals surface area contributed by atoms with Crippen LogP contribution in [-0.4, -0.2) is 25.2 Å². The van der Waals surface area contributed by atoms with E-state index in [-0.39, 0.29) is 13.2 Å². The van der Waals surface area contributed by atoms with Crippen molar-refractivity contribution in [1.82, 2.24) is 0 Å².